The minimum atomic E-state index is -0.103. The fraction of sp³-hybridized carbons (Fsp3) is 0.750. The molecule has 1 fully saturated rings. The number of likely N-dealkylation sites (tertiary alicyclic amines) is 1. The minimum absolute atomic E-state index is 0.0170. The predicted molar refractivity (Wildman–Crippen MR) is 65.8 cm³/mol. The third kappa shape index (κ3) is 4.75. The van der Waals surface area contributed by atoms with Crippen molar-refractivity contribution in [2.45, 2.75) is 25.3 Å². The van der Waals surface area contributed by atoms with E-state index in [9.17, 15) is 4.79 Å². The Kier molecular flexibility index (Phi) is 6.65. The fourth-order valence-corrected chi connectivity index (χ4v) is 1.89. The van der Waals surface area contributed by atoms with Gasteiger partial charge in [-0.15, -0.1) is 6.58 Å². The van der Waals surface area contributed by atoms with Crippen LogP contribution in [0.5, 0.6) is 0 Å². The highest BCUT2D eigenvalue weighted by molar-refractivity contribution is 5.74. The largest absolute Gasteiger partial charge is 0.394 e. The van der Waals surface area contributed by atoms with Crippen LogP contribution in [0, 0.1) is 0 Å². The second-order valence-corrected chi connectivity index (χ2v) is 4.09. The third-order valence-corrected chi connectivity index (χ3v) is 2.84. The summed E-state index contributed by atoms with van der Waals surface area (Å²) in [6.45, 7) is 6.03. The zero-order valence-corrected chi connectivity index (χ0v) is 10.2. The van der Waals surface area contributed by atoms with Crippen molar-refractivity contribution < 1.29 is 14.6 Å². The van der Waals surface area contributed by atoms with Crippen molar-refractivity contribution in [3.8, 4) is 0 Å². The lowest BCUT2D eigenvalue weighted by Gasteiger charge is -2.23. The number of carbonyl (C=O) groups is 1. The number of hydrogen-bond acceptors (Lipinski definition) is 3. The number of hydrogen-bond donors (Lipinski definition) is 2. The summed E-state index contributed by atoms with van der Waals surface area (Å²) < 4.78 is 5.29. The van der Waals surface area contributed by atoms with Crippen molar-refractivity contribution in [1.82, 2.24) is 10.2 Å². The Morgan fingerprint density at radius 3 is 3.12 bits per heavy atom. The number of ether oxygens (including phenoxy) is 1. The molecule has 1 rings (SSSR count). The molecule has 5 heteroatoms. The van der Waals surface area contributed by atoms with Gasteiger partial charge in [-0.1, -0.05) is 6.08 Å². The van der Waals surface area contributed by atoms with E-state index < -0.39 is 0 Å². The highest BCUT2D eigenvalue weighted by atomic mass is 16.5. The minimum Gasteiger partial charge on any atom is -0.394 e. The van der Waals surface area contributed by atoms with Crippen LogP contribution < -0.4 is 5.32 Å². The van der Waals surface area contributed by atoms with E-state index >= 15 is 0 Å². The molecule has 98 valence electrons. The molecule has 17 heavy (non-hydrogen) atoms. The summed E-state index contributed by atoms with van der Waals surface area (Å²) in [4.78, 5) is 13.4. The lowest BCUT2D eigenvalue weighted by molar-refractivity contribution is 0.132. The van der Waals surface area contributed by atoms with Gasteiger partial charge in [0.1, 0.15) is 0 Å². The van der Waals surface area contributed by atoms with Gasteiger partial charge >= 0.3 is 6.03 Å². The van der Waals surface area contributed by atoms with E-state index in [2.05, 4.69) is 11.9 Å². The summed E-state index contributed by atoms with van der Waals surface area (Å²) >= 11 is 0. The second kappa shape index (κ2) is 8.08. The van der Waals surface area contributed by atoms with Crippen molar-refractivity contribution in [3.63, 3.8) is 0 Å². The third-order valence-electron chi connectivity index (χ3n) is 2.84. The van der Waals surface area contributed by atoms with Crippen LogP contribution in [0.2, 0.25) is 0 Å². The molecule has 1 saturated heterocycles. The maximum Gasteiger partial charge on any atom is 0.317 e. The van der Waals surface area contributed by atoms with Crippen molar-refractivity contribution in [2.24, 2.45) is 0 Å². The number of nitrogens with zero attached hydrogens (tertiary/aromatic N) is 1. The Hall–Kier alpha value is -1.07. The van der Waals surface area contributed by atoms with Crippen molar-refractivity contribution in [2.75, 3.05) is 32.9 Å². The van der Waals surface area contributed by atoms with Gasteiger partial charge in [0.15, 0.2) is 0 Å². The molecule has 5 nitrogen and oxygen atoms in total. The Morgan fingerprint density at radius 1 is 1.59 bits per heavy atom. The average Bonchev–Trinajstić information content (AvgIpc) is 2.81. The summed E-state index contributed by atoms with van der Waals surface area (Å²) in [6, 6.07) is -0.120. The molecule has 0 aromatic carbocycles. The van der Waals surface area contributed by atoms with Gasteiger partial charge in [0.2, 0.25) is 0 Å². The Morgan fingerprint density at radius 2 is 2.41 bits per heavy atom. The number of nitrogens with one attached hydrogen (secondary N) is 1. The van der Waals surface area contributed by atoms with E-state index in [1.54, 1.807) is 11.0 Å². The Bertz CT molecular complexity index is 246. The molecular formula is C12H22N2O3. The first-order valence-electron chi connectivity index (χ1n) is 6.13. The molecule has 1 atom stereocenters. The smallest absolute Gasteiger partial charge is 0.317 e. The zero-order chi connectivity index (χ0) is 12.5. The quantitative estimate of drug-likeness (QED) is 0.511. The highest BCUT2D eigenvalue weighted by Gasteiger charge is 2.27. The molecule has 0 bridgehead atoms. The van der Waals surface area contributed by atoms with Crippen LogP contribution in [0.25, 0.3) is 0 Å². The molecule has 0 aromatic rings. The van der Waals surface area contributed by atoms with Crippen LogP contribution in [0.4, 0.5) is 4.79 Å². The normalized spacial score (nSPS) is 19.4. The van der Waals surface area contributed by atoms with E-state index in [0.717, 1.165) is 25.8 Å². The van der Waals surface area contributed by atoms with Crippen LogP contribution in [-0.4, -0.2) is 55.0 Å². The van der Waals surface area contributed by atoms with Gasteiger partial charge in [-0.3, -0.25) is 0 Å². The molecule has 2 amide bonds. The van der Waals surface area contributed by atoms with Gasteiger partial charge in [0.05, 0.1) is 25.9 Å². The second-order valence-electron chi connectivity index (χ2n) is 4.09. The SMILES string of the molecule is C=CCCOCCNC(=O)N1CCC[C@@H]1CO. The van der Waals surface area contributed by atoms with Crippen LogP contribution in [0.15, 0.2) is 12.7 Å². The summed E-state index contributed by atoms with van der Waals surface area (Å²) in [5.74, 6) is 0. The molecule has 0 aliphatic carbocycles. The van der Waals surface area contributed by atoms with Gasteiger partial charge in [0.25, 0.3) is 0 Å². The molecule has 0 radical (unpaired) electrons. The molecule has 1 heterocycles. The average molecular weight is 242 g/mol. The van der Waals surface area contributed by atoms with Gasteiger partial charge in [-0.25, -0.2) is 4.79 Å². The van der Waals surface area contributed by atoms with Crippen LogP contribution in [0.1, 0.15) is 19.3 Å². The van der Waals surface area contributed by atoms with E-state index in [4.69, 9.17) is 9.84 Å². The van der Waals surface area contributed by atoms with Crippen molar-refractivity contribution in [3.05, 3.63) is 12.7 Å². The summed E-state index contributed by atoms with van der Waals surface area (Å²) in [6.07, 6.45) is 4.48. The van der Waals surface area contributed by atoms with Gasteiger partial charge < -0.3 is 20.1 Å². The number of amides is 2. The first kappa shape index (κ1) is 14.0. The van der Waals surface area contributed by atoms with E-state index in [1.807, 2.05) is 0 Å². The number of rotatable bonds is 7. The first-order chi connectivity index (χ1) is 8.29. The van der Waals surface area contributed by atoms with Gasteiger partial charge in [-0.2, -0.15) is 0 Å². The summed E-state index contributed by atoms with van der Waals surface area (Å²) in [5.41, 5.74) is 0. The highest BCUT2D eigenvalue weighted by Crippen LogP contribution is 2.16. The monoisotopic (exact) mass is 242 g/mol. The molecule has 0 saturated carbocycles. The van der Waals surface area contributed by atoms with Gasteiger partial charge in [0, 0.05) is 13.1 Å². The number of aliphatic hydroxyl groups is 1. The lowest BCUT2D eigenvalue weighted by Crippen LogP contribution is -2.45. The van der Waals surface area contributed by atoms with Crippen LogP contribution >= 0.6 is 0 Å². The molecular weight excluding hydrogens is 220 g/mol. The number of carbonyl (C=O) groups excluding carboxylic acids is 1. The molecule has 1 aliphatic rings. The van der Waals surface area contributed by atoms with Crippen molar-refractivity contribution in [1.29, 1.82) is 0 Å². The maximum absolute atomic E-state index is 11.7. The van der Waals surface area contributed by atoms with Crippen LogP contribution in [0.3, 0.4) is 0 Å². The molecule has 1 aliphatic heterocycles. The molecule has 2 N–H and O–H groups in total. The molecule has 0 spiro atoms. The van der Waals surface area contributed by atoms with E-state index in [-0.39, 0.29) is 18.7 Å². The van der Waals surface area contributed by atoms with E-state index in [0.29, 0.717) is 19.8 Å². The van der Waals surface area contributed by atoms with Crippen molar-refractivity contribution >= 4 is 6.03 Å². The molecule has 0 aromatic heterocycles. The summed E-state index contributed by atoms with van der Waals surface area (Å²) in [7, 11) is 0. The van der Waals surface area contributed by atoms with E-state index in [1.165, 1.54) is 0 Å². The first-order valence-corrected chi connectivity index (χ1v) is 6.13. The van der Waals surface area contributed by atoms with Gasteiger partial charge in [-0.05, 0) is 19.3 Å². The maximum atomic E-state index is 11.7. The van der Waals surface area contributed by atoms with Crippen LogP contribution in [-0.2, 0) is 4.74 Å². The molecule has 0 unspecified atom stereocenters. The fourth-order valence-electron chi connectivity index (χ4n) is 1.89. The topological polar surface area (TPSA) is 61.8 Å². The number of aliphatic hydroxyl groups excluding tert-OH is 1. The number of urea groups is 1. The Labute approximate surface area is 102 Å². The Balaban J connectivity index is 2.10. The standard InChI is InChI=1S/C12H22N2O3/c1-2-3-8-17-9-6-13-12(16)14-7-4-5-11(14)10-15/h2,11,15H,1,3-10H2,(H,13,16)/t11-/m1/s1. The zero-order valence-electron chi connectivity index (χ0n) is 10.2. The summed E-state index contributed by atoms with van der Waals surface area (Å²) in [5, 5.41) is 11.9. The lowest BCUT2D eigenvalue weighted by atomic mass is 10.2. The predicted octanol–water partition coefficient (Wildman–Crippen LogP) is 0.745.